The molecule has 0 unspecified atom stereocenters. The summed E-state index contributed by atoms with van der Waals surface area (Å²) in [6, 6.07) is 8.19. The molecule has 2 rings (SSSR count). The average molecular weight is 216 g/mol. The van der Waals surface area contributed by atoms with Crippen LogP contribution in [0.1, 0.15) is 11.4 Å². The lowest BCUT2D eigenvalue weighted by atomic mass is 10.0. The molecule has 2 aromatic rings. The summed E-state index contributed by atoms with van der Waals surface area (Å²) in [5, 5.41) is 4.26. The van der Waals surface area contributed by atoms with Crippen LogP contribution in [0.15, 0.2) is 24.3 Å². The molecular formula is C12H16N4. The Labute approximate surface area is 95.1 Å². The number of rotatable bonds is 3. The van der Waals surface area contributed by atoms with Crippen molar-refractivity contribution in [2.45, 2.75) is 13.3 Å². The van der Waals surface area contributed by atoms with E-state index in [1.165, 1.54) is 5.56 Å². The molecule has 0 aliphatic carbocycles. The van der Waals surface area contributed by atoms with Gasteiger partial charge in [0, 0.05) is 12.6 Å². The summed E-state index contributed by atoms with van der Waals surface area (Å²) >= 11 is 0. The van der Waals surface area contributed by atoms with Gasteiger partial charge in [-0.2, -0.15) is 5.10 Å². The molecule has 0 saturated carbocycles. The zero-order valence-electron chi connectivity index (χ0n) is 9.64. The number of aryl methyl sites for hydroxylation is 2. The van der Waals surface area contributed by atoms with Crippen LogP contribution in [-0.2, 0) is 13.5 Å². The van der Waals surface area contributed by atoms with Crippen molar-refractivity contribution >= 4 is 0 Å². The highest BCUT2D eigenvalue weighted by Crippen LogP contribution is 2.21. The van der Waals surface area contributed by atoms with Gasteiger partial charge in [-0.25, -0.2) is 9.67 Å². The first-order chi connectivity index (χ1) is 7.72. The summed E-state index contributed by atoms with van der Waals surface area (Å²) < 4.78 is 1.81. The molecule has 1 aromatic carbocycles. The summed E-state index contributed by atoms with van der Waals surface area (Å²) in [4.78, 5) is 4.43. The standard InChI is InChI=1S/C12H16N4/c1-9-14-12(16(2)15-9)11-6-4-3-5-10(11)7-8-13/h3-6H,7-8,13H2,1-2H3. The van der Waals surface area contributed by atoms with Crippen molar-refractivity contribution in [3.63, 3.8) is 0 Å². The molecule has 0 radical (unpaired) electrons. The van der Waals surface area contributed by atoms with Gasteiger partial charge in [0.15, 0.2) is 5.82 Å². The molecule has 0 bridgehead atoms. The normalized spacial score (nSPS) is 10.7. The monoisotopic (exact) mass is 216 g/mol. The number of nitrogens with zero attached hydrogens (tertiary/aromatic N) is 3. The molecule has 2 N–H and O–H groups in total. The second kappa shape index (κ2) is 4.45. The van der Waals surface area contributed by atoms with E-state index in [2.05, 4.69) is 22.2 Å². The van der Waals surface area contributed by atoms with Gasteiger partial charge in [-0.1, -0.05) is 24.3 Å². The second-order valence-corrected chi connectivity index (χ2v) is 3.80. The van der Waals surface area contributed by atoms with E-state index in [0.29, 0.717) is 6.54 Å². The van der Waals surface area contributed by atoms with E-state index in [1.54, 1.807) is 0 Å². The van der Waals surface area contributed by atoms with Crippen LogP contribution < -0.4 is 5.73 Å². The number of nitrogens with two attached hydrogens (primary N) is 1. The third-order valence-electron chi connectivity index (χ3n) is 2.54. The van der Waals surface area contributed by atoms with E-state index >= 15 is 0 Å². The molecular weight excluding hydrogens is 200 g/mol. The van der Waals surface area contributed by atoms with Gasteiger partial charge >= 0.3 is 0 Å². The largest absolute Gasteiger partial charge is 0.330 e. The molecule has 0 amide bonds. The minimum Gasteiger partial charge on any atom is -0.330 e. The minimum absolute atomic E-state index is 0.647. The zero-order valence-corrected chi connectivity index (χ0v) is 9.64. The van der Waals surface area contributed by atoms with E-state index in [4.69, 9.17) is 5.73 Å². The van der Waals surface area contributed by atoms with Crippen molar-refractivity contribution in [1.29, 1.82) is 0 Å². The molecule has 0 spiro atoms. The lowest BCUT2D eigenvalue weighted by Crippen LogP contribution is -2.05. The van der Waals surface area contributed by atoms with Crippen LogP contribution in [0, 0.1) is 6.92 Å². The van der Waals surface area contributed by atoms with Gasteiger partial charge in [0.2, 0.25) is 0 Å². The Hall–Kier alpha value is -1.68. The number of hydrogen-bond donors (Lipinski definition) is 1. The van der Waals surface area contributed by atoms with Crippen molar-refractivity contribution in [3.8, 4) is 11.4 Å². The number of aromatic nitrogens is 3. The molecule has 4 heteroatoms. The Morgan fingerprint density at radius 1 is 1.31 bits per heavy atom. The Morgan fingerprint density at radius 3 is 2.69 bits per heavy atom. The van der Waals surface area contributed by atoms with Gasteiger partial charge in [0.25, 0.3) is 0 Å². The highest BCUT2D eigenvalue weighted by Gasteiger charge is 2.10. The highest BCUT2D eigenvalue weighted by molar-refractivity contribution is 5.60. The van der Waals surface area contributed by atoms with E-state index in [0.717, 1.165) is 23.6 Å². The predicted octanol–water partition coefficient (Wildman–Crippen LogP) is 1.29. The average Bonchev–Trinajstić information content (AvgIpc) is 2.59. The van der Waals surface area contributed by atoms with Crippen LogP contribution in [0.3, 0.4) is 0 Å². The van der Waals surface area contributed by atoms with Crippen LogP contribution in [0.2, 0.25) is 0 Å². The third kappa shape index (κ3) is 1.97. The van der Waals surface area contributed by atoms with Gasteiger partial charge < -0.3 is 5.73 Å². The fraction of sp³-hybridized carbons (Fsp3) is 0.333. The Bertz CT molecular complexity index is 488. The van der Waals surface area contributed by atoms with Crippen LogP contribution in [0.25, 0.3) is 11.4 Å². The van der Waals surface area contributed by atoms with Crippen LogP contribution >= 0.6 is 0 Å². The van der Waals surface area contributed by atoms with Crippen LogP contribution in [0.5, 0.6) is 0 Å². The highest BCUT2D eigenvalue weighted by atomic mass is 15.3. The Kier molecular flexibility index (Phi) is 3.01. The first-order valence-electron chi connectivity index (χ1n) is 5.38. The van der Waals surface area contributed by atoms with Gasteiger partial charge in [0.05, 0.1) is 0 Å². The molecule has 1 aromatic heterocycles. The molecule has 0 aliphatic rings. The first kappa shape index (κ1) is 10.8. The number of benzene rings is 1. The third-order valence-corrected chi connectivity index (χ3v) is 2.54. The summed E-state index contributed by atoms with van der Waals surface area (Å²) in [6.45, 7) is 2.54. The topological polar surface area (TPSA) is 56.7 Å². The molecule has 4 nitrogen and oxygen atoms in total. The fourth-order valence-electron chi connectivity index (χ4n) is 1.86. The van der Waals surface area contributed by atoms with Gasteiger partial charge in [0.1, 0.15) is 5.82 Å². The molecule has 0 aliphatic heterocycles. The quantitative estimate of drug-likeness (QED) is 0.841. The molecule has 0 fully saturated rings. The number of hydrogen-bond acceptors (Lipinski definition) is 3. The maximum absolute atomic E-state index is 5.61. The lowest BCUT2D eigenvalue weighted by molar-refractivity contribution is 0.762. The van der Waals surface area contributed by atoms with Crippen LogP contribution in [0.4, 0.5) is 0 Å². The minimum atomic E-state index is 0.647. The van der Waals surface area contributed by atoms with E-state index in [-0.39, 0.29) is 0 Å². The predicted molar refractivity (Wildman–Crippen MR) is 63.9 cm³/mol. The molecule has 16 heavy (non-hydrogen) atoms. The first-order valence-corrected chi connectivity index (χ1v) is 5.38. The fourth-order valence-corrected chi connectivity index (χ4v) is 1.86. The van der Waals surface area contributed by atoms with Crippen molar-refractivity contribution in [3.05, 3.63) is 35.7 Å². The summed E-state index contributed by atoms with van der Waals surface area (Å²) in [5.41, 5.74) is 7.95. The summed E-state index contributed by atoms with van der Waals surface area (Å²) in [6.07, 6.45) is 0.863. The lowest BCUT2D eigenvalue weighted by Gasteiger charge is -2.07. The molecule has 0 atom stereocenters. The van der Waals surface area contributed by atoms with E-state index in [1.807, 2.05) is 30.8 Å². The van der Waals surface area contributed by atoms with Crippen molar-refractivity contribution < 1.29 is 0 Å². The summed E-state index contributed by atoms with van der Waals surface area (Å²) in [5.74, 6) is 1.70. The molecule has 84 valence electrons. The Morgan fingerprint density at radius 2 is 2.06 bits per heavy atom. The van der Waals surface area contributed by atoms with Gasteiger partial charge in [-0.15, -0.1) is 0 Å². The smallest absolute Gasteiger partial charge is 0.158 e. The Balaban J connectivity index is 2.50. The van der Waals surface area contributed by atoms with Gasteiger partial charge in [-0.05, 0) is 25.5 Å². The molecule has 1 heterocycles. The molecule has 0 saturated heterocycles. The maximum atomic E-state index is 5.61. The van der Waals surface area contributed by atoms with Crippen molar-refractivity contribution in [2.75, 3.05) is 6.54 Å². The van der Waals surface area contributed by atoms with E-state index in [9.17, 15) is 0 Å². The van der Waals surface area contributed by atoms with Crippen molar-refractivity contribution in [2.24, 2.45) is 12.8 Å². The second-order valence-electron chi connectivity index (χ2n) is 3.80. The van der Waals surface area contributed by atoms with E-state index < -0.39 is 0 Å². The maximum Gasteiger partial charge on any atom is 0.158 e. The van der Waals surface area contributed by atoms with Gasteiger partial charge in [-0.3, -0.25) is 0 Å². The summed E-state index contributed by atoms with van der Waals surface area (Å²) in [7, 11) is 1.91. The van der Waals surface area contributed by atoms with Crippen molar-refractivity contribution in [1.82, 2.24) is 14.8 Å². The SMILES string of the molecule is Cc1nc(-c2ccccc2CCN)n(C)n1. The zero-order chi connectivity index (χ0) is 11.5. The van der Waals surface area contributed by atoms with Crippen LogP contribution in [-0.4, -0.2) is 21.3 Å².